The van der Waals surface area contributed by atoms with E-state index >= 15 is 0 Å². The van der Waals surface area contributed by atoms with E-state index in [4.69, 9.17) is 0 Å². The van der Waals surface area contributed by atoms with Gasteiger partial charge < -0.3 is 9.47 Å². The van der Waals surface area contributed by atoms with Crippen molar-refractivity contribution in [3.05, 3.63) is 23.8 Å². The first kappa shape index (κ1) is 15.9. The van der Waals surface area contributed by atoms with Crippen LogP contribution in [0.15, 0.2) is 12.2 Å². The van der Waals surface area contributed by atoms with Crippen LogP contribution in [0.5, 0.6) is 0 Å². The molecule has 0 aromatic carbocycles. The molecule has 1 fully saturated rings. The van der Waals surface area contributed by atoms with Crippen molar-refractivity contribution in [3.8, 4) is 0 Å². The normalized spacial score (nSPS) is 27.1. The molecule has 1 aromatic heterocycles. The first-order valence-electron chi connectivity index (χ1n) is 9.67. The Morgan fingerprint density at radius 3 is 2.96 bits per heavy atom. The van der Waals surface area contributed by atoms with Crippen molar-refractivity contribution in [2.24, 2.45) is 5.92 Å². The highest BCUT2D eigenvalue weighted by Gasteiger charge is 2.30. The number of piperidine rings is 1. The number of hydrogen-bond acceptors (Lipinski definition) is 3. The fourth-order valence-corrected chi connectivity index (χ4v) is 4.44. The van der Waals surface area contributed by atoms with Crippen LogP contribution in [0.3, 0.4) is 0 Å². The summed E-state index contributed by atoms with van der Waals surface area (Å²) in [5, 5.41) is 8.97. The molecule has 4 rings (SSSR count). The smallest absolute Gasteiger partial charge is 0.223 e. The van der Waals surface area contributed by atoms with Gasteiger partial charge in [0.2, 0.25) is 5.91 Å². The van der Waals surface area contributed by atoms with E-state index in [0.29, 0.717) is 24.2 Å². The molecule has 2 aliphatic heterocycles. The molecular weight excluding hydrogens is 300 g/mol. The second kappa shape index (κ2) is 7.08. The lowest BCUT2D eigenvalue weighted by atomic mass is 9.95. The number of rotatable bonds is 3. The van der Waals surface area contributed by atoms with Gasteiger partial charge in [0.25, 0.3) is 0 Å². The summed E-state index contributed by atoms with van der Waals surface area (Å²) in [6.07, 6.45) is 14.4. The average Bonchev–Trinajstić information content (AvgIpc) is 3.20. The van der Waals surface area contributed by atoms with Gasteiger partial charge in [0.15, 0.2) is 0 Å². The maximum absolute atomic E-state index is 12.7. The molecule has 1 aliphatic carbocycles. The van der Waals surface area contributed by atoms with E-state index in [9.17, 15) is 4.79 Å². The number of hydrogen-bond donors (Lipinski definition) is 0. The molecule has 2 atom stereocenters. The molecular formula is C19H28N4O. The lowest BCUT2D eigenvalue weighted by Gasteiger charge is -2.33. The second-order valence-electron chi connectivity index (χ2n) is 7.59. The summed E-state index contributed by atoms with van der Waals surface area (Å²) in [6, 6.07) is 0. The fourth-order valence-electron chi connectivity index (χ4n) is 4.44. The third-order valence-electron chi connectivity index (χ3n) is 5.83. The van der Waals surface area contributed by atoms with E-state index in [1.807, 2.05) is 0 Å². The van der Waals surface area contributed by atoms with Gasteiger partial charge in [-0.15, -0.1) is 10.2 Å². The topological polar surface area (TPSA) is 51.0 Å². The van der Waals surface area contributed by atoms with Crippen molar-refractivity contribution in [1.29, 1.82) is 0 Å². The minimum Gasteiger partial charge on any atom is -0.342 e. The predicted octanol–water partition coefficient (Wildman–Crippen LogP) is 3.07. The summed E-state index contributed by atoms with van der Waals surface area (Å²) in [6.45, 7) is 2.79. The van der Waals surface area contributed by atoms with E-state index in [2.05, 4.69) is 31.8 Å². The van der Waals surface area contributed by atoms with Crippen molar-refractivity contribution in [3.63, 3.8) is 0 Å². The maximum atomic E-state index is 12.7. The quantitative estimate of drug-likeness (QED) is 0.801. The summed E-state index contributed by atoms with van der Waals surface area (Å²) in [7, 11) is 0. The van der Waals surface area contributed by atoms with Gasteiger partial charge in [0.1, 0.15) is 11.6 Å². The van der Waals surface area contributed by atoms with Crippen LogP contribution in [0, 0.1) is 5.92 Å². The zero-order valence-electron chi connectivity index (χ0n) is 14.5. The number of carbonyl (C=O) groups excluding carboxylic acids is 1. The molecule has 24 heavy (non-hydrogen) atoms. The summed E-state index contributed by atoms with van der Waals surface area (Å²) < 4.78 is 2.35. The Balaban J connectivity index is 1.44. The summed E-state index contributed by atoms with van der Waals surface area (Å²) in [5.74, 6) is 3.43. The number of amides is 1. The zero-order valence-corrected chi connectivity index (χ0v) is 14.5. The maximum Gasteiger partial charge on any atom is 0.223 e. The predicted molar refractivity (Wildman–Crippen MR) is 92.6 cm³/mol. The van der Waals surface area contributed by atoms with Crippen LogP contribution in [0.2, 0.25) is 0 Å². The molecule has 3 heterocycles. The molecule has 1 aromatic rings. The van der Waals surface area contributed by atoms with Gasteiger partial charge >= 0.3 is 0 Å². The number of carbonyl (C=O) groups is 1. The minimum absolute atomic E-state index is 0.326. The van der Waals surface area contributed by atoms with Gasteiger partial charge in [-0.2, -0.15) is 0 Å². The third kappa shape index (κ3) is 3.26. The lowest BCUT2D eigenvalue weighted by molar-refractivity contribution is -0.133. The first-order valence-corrected chi connectivity index (χ1v) is 9.67. The molecule has 130 valence electrons. The Morgan fingerprint density at radius 2 is 2.08 bits per heavy atom. The molecule has 0 N–H and O–H groups in total. The largest absolute Gasteiger partial charge is 0.342 e. The molecule has 0 radical (unpaired) electrons. The van der Waals surface area contributed by atoms with E-state index in [0.717, 1.165) is 63.4 Å². The van der Waals surface area contributed by atoms with E-state index in [1.54, 1.807) is 0 Å². The molecule has 5 nitrogen and oxygen atoms in total. The lowest BCUT2D eigenvalue weighted by Crippen LogP contribution is -2.40. The number of likely N-dealkylation sites (tertiary alicyclic amines) is 1. The van der Waals surface area contributed by atoms with Crippen LogP contribution < -0.4 is 0 Å². The average molecular weight is 328 g/mol. The Hall–Kier alpha value is -1.65. The molecule has 0 bridgehead atoms. The van der Waals surface area contributed by atoms with Gasteiger partial charge in [0.05, 0.1) is 0 Å². The highest BCUT2D eigenvalue weighted by atomic mass is 16.2. The SMILES string of the molecule is O=C(CC1C=CCC1)N1CCCC(c2nnc3n2CCCCC3)C1. The van der Waals surface area contributed by atoms with Crippen molar-refractivity contribution in [2.45, 2.75) is 70.3 Å². The number of aromatic nitrogens is 3. The van der Waals surface area contributed by atoms with Crippen LogP contribution >= 0.6 is 0 Å². The molecule has 2 unspecified atom stereocenters. The summed E-state index contributed by atoms with van der Waals surface area (Å²) >= 11 is 0. The molecule has 1 amide bonds. The van der Waals surface area contributed by atoms with Gasteiger partial charge in [-0.05, 0) is 44.4 Å². The summed E-state index contributed by atoms with van der Waals surface area (Å²) in [5.41, 5.74) is 0. The van der Waals surface area contributed by atoms with Crippen LogP contribution in [0.1, 0.15) is 68.9 Å². The van der Waals surface area contributed by atoms with Gasteiger partial charge in [0, 0.05) is 38.4 Å². The van der Waals surface area contributed by atoms with Crippen LogP contribution in [0.25, 0.3) is 0 Å². The monoisotopic (exact) mass is 328 g/mol. The van der Waals surface area contributed by atoms with Gasteiger partial charge in [-0.1, -0.05) is 18.6 Å². The molecule has 5 heteroatoms. The molecule has 0 spiro atoms. The van der Waals surface area contributed by atoms with Crippen molar-refractivity contribution >= 4 is 5.91 Å². The molecule has 0 saturated carbocycles. The number of aryl methyl sites for hydroxylation is 1. The van der Waals surface area contributed by atoms with Crippen LogP contribution in [-0.2, 0) is 17.8 Å². The fraction of sp³-hybridized carbons (Fsp3) is 0.737. The van der Waals surface area contributed by atoms with Crippen molar-refractivity contribution in [1.82, 2.24) is 19.7 Å². The Morgan fingerprint density at radius 1 is 1.12 bits per heavy atom. The minimum atomic E-state index is 0.326. The Labute approximate surface area is 144 Å². The number of fused-ring (bicyclic) bond motifs is 1. The molecule has 3 aliphatic rings. The standard InChI is InChI=1S/C19H28N4O/c24-18(13-15-7-3-4-8-15)22-11-6-9-16(14-22)19-21-20-17-10-2-1-5-12-23(17)19/h3,7,15-16H,1-2,4-6,8-14H2. The van der Waals surface area contributed by atoms with Gasteiger partial charge in [-0.25, -0.2) is 0 Å². The zero-order chi connectivity index (χ0) is 16.4. The Bertz CT molecular complexity index is 621. The van der Waals surface area contributed by atoms with E-state index in [-0.39, 0.29) is 0 Å². The summed E-state index contributed by atoms with van der Waals surface area (Å²) in [4.78, 5) is 14.7. The van der Waals surface area contributed by atoms with E-state index < -0.39 is 0 Å². The highest BCUT2D eigenvalue weighted by Crippen LogP contribution is 2.29. The van der Waals surface area contributed by atoms with Crippen molar-refractivity contribution < 1.29 is 4.79 Å². The number of allylic oxidation sites excluding steroid dienone is 2. The first-order chi connectivity index (χ1) is 11.8. The highest BCUT2D eigenvalue weighted by molar-refractivity contribution is 5.77. The second-order valence-corrected chi connectivity index (χ2v) is 7.59. The Kier molecular flexibility index (Phi) is 4.67. The number of nitrogens with zero attached hydrogens (tertiary/aromatic N) is 4. The molecule has 1 saturated heterocycles. The van der Waals surface area contributed by atoms with Crippen LogP contribution in [0.4, 0.5) is 0 Å². The van der Waals surface area contributed by atoms with E-state index in [1.165, 1.54) is 19.3 Å². The third-order valence-corrected chi connectivity index (χ3v) is 5.83. The van der Waals surface area contributed by atoms with Crippen LogP contribution in [-0.4, -0.2) is 38.7 Å². The van der Waals surface area contributed by atoms with Crippen molar-refractivity contribution in [2.75, 3.05) is 13.1 Å². The van der Waals surface area contributed by atoms with Gasteiger partial charge in [-0.3, -0.25) is 4.79 Å².